The molecule has 0 rings (SSSR count). The van der Waals surface area contributed by atoms with Gasteiger partial charge in [-0.05, 0) is 103 Å². The van der Waals surface area contributed by atoms with Crippen molar-refractivity contribution in [2.24, 2.45) is 0 Å². The zero-order valence-electron chi connectivity index (χ0n) is 38.5. The maximum atomic E-state index is 12.7. The molecule has 0 aromatic rings. The molecule has 0 unspecified atom stereocenters. The van der Waals surface area contributed by atoms with Gasteiger partial charge in [0.15, 0.2) is 6.10 Å². The molecule has 0 N–H and O–H groups in total. The number of unbranched alkanes of at least 4 members (excludes halogenated alkanes) is 20. The van der Waals surface area contributed by atoms with Gasteiger partial charge in [0.1, 0.15) is 13.2 Å². The minimum Gasteiger partial charge on any atom is -0.462 e. The first-order chi connectivity index (χ1) is 29.0. The van der Waals surface area contributed by atoms with Crippen molar-refractivity contribution in [2.75, 3.05) is 13.2 Å². The second-order valence-electron chi connectivity index (χ2n) is 16.0. The van der Waals surface area contributed by atoms with E-state index in [2.05, 4.69) is 93.7 Å². The highest BCUT2D eigenvalue weighted by atomic mass is 16.6. The van der Waals surface area contributed by atoms with E-state index in [0.29, 0.717) is 19.3 Å². The van der Waals surface area contributed by atoms with Crippen LogP contribution in [0.4, 0.5) is 0 Å². The molecular weight excluding hydrogens is 733 g/mol. The lowest BCUT2D eigenvalue weighted by Crippen LogP contribution is -2.30. The van der Waals surface area contributed by atoms with E-state index >= 15 is 0 Å². The van der Waals surface area contributed by atoms with Gasteiger partial charge in [-0.25, -0.2) is 0 Å². The van der Waals surface area contributed by atoms with Crippen LogP contribution in [0.15, 0.2) is 72.9 Å². The van der Waals surface area contributed by atoms with E-state index in [1.807, 2.05) is 0 Å². The lowest BCUT2D eigenvalue weighted by atomic mass is 10.1. The van der Waals surface area contributed by atoms with Gasteiger partial charge in [-0.15, -0.1) is 0 Å². The summed E-state index contributed by atoms with van der Waals surface area (Å²) in [6, 6.07) is 0. The molecule has 0 saturated heterocycles. The topological polar surface area (TPSA) is 78.9 Å². The lowest BCUT2D eigenvalue weighted by molar-refractivity contribution is -0.167. The molecule has 59 heavy (non-hydrogen) atoms. The van der Waals surface area contributed by atoms with Crippen LogP contribution in [0.25, 0.3) is 0 Å². The van der Waals surface area contributed by atoms with Crippen molar-refractivity contribution in [3.63, 3.8) is 0 Å². The summed E-state index contributed by atoms with van der Waals surface area (Å²) in [7, 11) is 0. The number of carbonyl (C=O) groups excluding carboxylic acids is 3. The standard InChI is InChI=1S/C53H90O6/c1-4-7-10-13-16-19-22-24-25-26-27-29-32-34-37-40-43-46-52(55)58-49-50(59-53(56)47-44-41-38-35-30-21-18-15-12-9-6-3)48-57-51(54)45-42-39-36-33-31-28-23-20-17-14-11-8-5-2/h15-16,18-20,23-25,27,29,34,37,50H,4-14,17,21-22,26,28,30-33,35-36,38-49H2,1-3H3/b18-15-,19-16-,23-20-,25-24-,29-27-,37-34-/t50-/m0/s1. The Morgan fingerprint density at radius 2 is 0.644 bits per heavy atom. The van der Waals surface area contributed by atoms with Crippen LogP contribution in [0.2, 0.25) is 0 Å². The van der Waals surface area contributed by atoms with Gasteiger partial charge in [-0.1, -0.05) is 177 Å². The SMILES string of the molecule is CCCC/C=C\CCCCCCCC(=O)O[C@H](COC(=O)CCC/C=C\C/C=C\C/C=C\C/C=C\CCCCC)COC(=O)CCCCCCC/C=C\CCCCCC. The second-order valence-corrected chi connectivity index (χ2v) is 16.0. The van der Waals surface area contributed by atoms with Gasteiger partial charge in [0.2, 0.25) is 0 Å². The average Bonchev–Trinajstić information content (AvgIpc) is 3.23. The first-order valence-electron chi connectivity index (χ1n) is 24.4. The molecule has 0 amide bonds. The summed E-state index contributed by atoms with van der Waals surface area (Å²) < 4.78 is 16.7. The number of allylic oxidation sites excluding steroid dienone is 12. The summed E-state index contributed by atoms with van der Waals surface area (Å²) in [5, 5.41) is 0. The highest BCUT2D eigenvalue weighted by Gasteiger charge is 2.19. The Morgan fingerprint density at radius 1 is 0.339 bits per heavy atom. The molecule has 0 spiro atoms. The Bertz CT molecular complexity index is 1130. The summed E-state index contributed by atoms with van der Waals surface area (Å²) in [6.45, 7) is 6.48. The summed E-state index contributed by atoms with van der Waals surface area (Å²) in [5.41, 5.74) is 0. The van der Waals surface area contributed by atoms with E-state index in [-0.39, 0.29) is 37.5 Å². The average molecular weight is 823 g/mol. The Labute approximate surface area is 363 Å². The molecule has 0 aliphatic rings. The van der Waals surface area contributed by atoms with Crippen molar-refractivity contribution in [1.29, 1.82) is 0 Å². The predicted octanol–water partition coefficient (Wildman–Crippen LogP) is 15.9. The third kappa shape index (κ3) is 45.8. The van der Waals surface area contributed by atoms with Gasteiger partial charge in [-0.3, -0.25) is 14.4 Å². The number of rotatable bonds is 43. The molecule has 338 valence electrons. The highest BCUT2D eigenvalue weighted by molar-refractivity contribution is 5.71. The van der Waals surface area contributed by atoms with Gasteiger partial charge >= 0.3 is 17.9 Å². The van der Waals surface area contributed by atoms with Gasteiger partial charge in [0.05, 0.1) is 0 Å². The van der Waals surface area contributed by atoms with E-state index in [0.717, 1.165) is 83.5 Å². The number of esters is 3. The van der Waals surface area contributed by atoms with Crippen molar-refractivity contribution in [2.45, 2.75) is 232 Å². The van der Waals surface area contributed by atoms with Gasteiger partial charge in [0, 0.05) is 19.3 Å². The second kappa shape index (κ2) is 47.5. The molecule has 6 heteroatoms. The van der Waals surface area contributed by atoms with Crippen LogP contribution in [0.1, 0.15) is 226 Å². The van der Waals surface area contributed by atoms with Crippen LogP contribution in [0, 0.1) is 0 Å². The van der Waals surface area contributed by atoms with Crippen molar-refractivity contribution in [3.8, 4) is 0 Å². The van der Waals surface area contributed by atoms with Crippen molar-refractivity contribution in [1.82, 2.24) is 0 Å². The summed E-state index contributed by atoms with van der Waals surface area (Å²) in [4.78, 5) is 37.8. The van der Waals surface area contributed by atoms with Gasteiger partial charge in [0.25, 0.3) is 0 Å². The molecule has 1 atom stereocenters. The third-order valence-electron chi connectivity index (χ3n) is 10.2. The zero-order valence-corrected chi connectivity index (χ0v) is 38.5. The molecule has 0 aliphatic carbocycles. The molecule has 0 radical (unpaired) electrons. The third-order valence-corrected chi connectivity index (χ3v) is 10.2. The molecule has 6 nitrogen and oxygen atoms in total. The van der Waals surface area contributed by atoms with Crippen LogP contribution in [-0.4, -0.2) is 37.2 Å². The van der Waals surface area contributed by atoms with E-state index in [4.69, 9.17) is 14.2 Å². The maximum absolute atomic E-state index is 12.7. The molecule has 0 aromatic carbocycles. The number of ether oxygens (including phenoxy) is 3. The molecule has 0 bridgehead atoms. The Hall–Kier alpha value is -3.15. The summed E-state index contributed by atoms with van der Waals surface area (Å²) >= 11 is 0. The molecule has 0 saturated carbocycles. The van der Waals surface area contributed by atoms with Gasteiger partial charge in [-0.2, -0.15) is 0 Å². The number of carbonyl (C=O) groups is 3. The van der Waals surface area contributed by atoms with Crippen molar-refractivity contribution >= 4 is 17.9 Å². The Kier molecular flexibility index (Phi) is 45.0. The minimum atomic E-state index is -0.803. The summed E-state index contributed by atoms with van der Waals surface area (Å²) in [6.07, 6.45) is 58.8. The molecule has 0 aliphatic heterocycles. The van der Waals surface area contributed by atoms with Crippen LogP contribution in [-0.2, 0) is 28.6 Å². The van der Waals surface area contributed by atoms with Crippen LogP contribution in [0.5, 0.6) is 0 Å². The highest BCUT2D eigenvalue weighted by Crippen LogP contribution is 2.13. The van der Waals surface area contributed by atoms with E-state index in [1.54, 1.807) is 0 Å². The fourth-order valence-corrected chi connectivity index (χ4v) is 6.41. The largest absolute Gasteiger partial charge is 0.462 e. The first-order valence-corrected chi connectivity index (χ1v) is 24.4. The molecule has 0 aromatic heterocycles. The zero-order chi connectivity index (χ0) is 43.0. The summed E-state index contributed by atoms with van der Waals surface area (Å²) in [5.74, 6) is -0.980. The predicted molar refractivity (Wildman–Crippen MR) is 251 cm³/mol. The monoisotopic (exact) mass is 823 g/mol. The van der Waals surface area contributed by atoms with Crippen LogP contribution in [0.3, 0.4) is 0 Å². The van der Waals surface area contributed by atoms with Crippen molar-refractivity contribution in [3.05, 3.63) is 72.9 Å². The molecule has 0 heterocycles. The Balaban J connectivity index is 4.47. The van der Waals surface area contributed by atoms with Crippen LogP contribution >= 0.6 is 0 Å². The Morgan fingerprint density at radius 3 is 1.12 bits per heavy atom. The fraction of sp³-hybridized carbons (Fsp3) is 0.717. The number of hydrogen-bond acceptors (Lipinski definition) is 6. The number of hydrogen-bond donors (Lipinski definition) is 0. The maximum Gasteiger partial charge on any atom is 0.306 e. The normalized spacial score (nSPS) is 12.7. The quantitative estimate of drug-likeness (QED) is 0.0264. The smallest absolute Gasteiger partial charge is 0.306 e. The lowest BCUT2D eigenvalue weighted by Gasteiger charge is -2.18. The fourth-order valence-electron chi connectivity index (χ4n) is 6.41. The van der Waals surface area contributed by atoms with E-state index in [1.165, 1.54) is 96.3 Å². The van der Waals surface area contributed by atoms with Crippen LogP contribution < -0.4 is 0 Å². The van der Waals surface area contributed by atoms with E-state index in [9.17, 15) is 14.4 Å². The molecular formula is C53H90O6. The van der Waals surface area contributed by atoms with E-state index < -0.39 is 6.10 Å². The van der Waals surface area contributed by atoms with Crippen molar-refractivity contribution < 1.29 is 28.6 Å². The van der Waals surface area contributed by atoms with Gasteiger partial charge < -0.3 is 14.2 Å². The minimum absolute atomic E-state index is 0.101. The first kappa shape index (κ1) is 55.9. The molecule has 0 fully saturated rings.